The number of nitrogens with one attached hydrogen (secondary N) is 2. The number of aliphatic hydroxyl groups is 5. The minimum Gasteiger partial charge on any atom is -0.389 e. The maximum Gasteiger partial charge on any atom is 0.341 e. The van der Waals surface area contributed by atoms with Crippen LogP contribution in [-0.4, -0.2) is 166 Å². The van der Waals surface area contributed by atoms with E-state index in [9.17, 15) is 35.5 Å². The molecule has 44 heavy (non-hydrogen) atoms. The van der Waals surface area contributed by atoms with E-state index in [1.165, 1.54) is 0 Å². The Labute approximate surface area is 254 Å². The number of amides is 2. The van der Waals surface area contributed by atoms with Gasteiger partial charge in [-0.2, -0.15) is 0 Å². The highest BCUT2D eigenvalue weighted by Crippen LogP contribution is 2.31. The molecule has 0 bridgehead atoms. The van der Waals surface area contributed by atoms with Gasteiger partial charge in [-0.05, 0) is 31.7 Å². The van der Waals surface area contributed by atoms with Gasteiger partial charge >= 0.3 is 6.03 Å². The predicted octanol–water partition coefficient (Wildman–Crippen LogP) is -6.92. The van der Waals surface area contributed by atoms with E-state index in [4.69, 9.17) is 47.6 Å². The molecule has 4 rings (SSSR count). The highest BCUT2D eigenvalue weighted by atomic mass is 16.7. The van der Waals surface area contributed by atoms with Crippen molar-refractivity contribution in [3.63, 3.8) is 0 Å². The first-order valence-electron chi connectivity index (χ1n) is 15.0. The largest absolute Gasteiger partial charge is 0.389 e. The van der Waals surface area contributed by atoms with Gasteiger partial charge in [0.25, 0.3) is 0 Å². The number of rotatable bonds is 11. The van der Waals surface area contributed by atoms with Gasteiger partial charge in [-0.25, -0.2) is 9.86 Å². The lowest BCUT2D eigenvalue weighted by atomic mass is 9.81. The lowest BCUT2D eigenvalue weighted by molar-refractivity contribution is -0.308. The Balaban J connectivity index is 1.46. The zero-order valence-electron chi connectivity index (χ0n) is 24.5. The Kier molecular flexibility index (Phi) is 12.5. The maximum atomic E-state index is 12.6. The summed E-state index contributed by atoms with van der Waals surface area (Å²) in [7, 11) is 0. The molecule has 4 aliphatic rings. The molecule has 2 saturated carbocycles. The van der Waals surface area contributed by atoms with Crippen LogP contribution in [0.15, 0.2) is 0 Å². The van der Waals surface area contributed by atoms with Crippen LogP contribution in [0.1, 0.15) is 19.3 Å². The summed E-state index contributed by atoms with van der Waals surface area (Å²) >= 11 is 0. The second-order valence-electron chi connectivity index (χ2n) is 12.3. The average molecular weight is 639 g/mol. The first-order valence-corrected chi connectivity index (χ1v) is 15.0. The van der Waals surface area contributed by atoms with Crippen molar-refractivity contribution in [1.29, 1.82) is 0 Å². The number of hydrogen-bond donors (Lipinski definition) is 13. The van der Waals surface area contributed by atoms with Crippen molar-refractivity contribution >= 4 is 6.03 Å². The molecule has 2 aliphatic heterocycles. The number of ether oxygens (including phenoxy) is 4. The number of nitrogens with zero attached hydrogens (tertiary/aromatic N) is 1. The number of urea groups is 1. The fourth-order valence-corrected chi connectivity index (χ4v) is 6.06. The average Bonchev–Trinajstić information content (AvgIpc) is 2.96. The van der Waals surface area contributed by atoms with Gasteiger partial charge < -0.3 is 83.8 Å². The third-order valence-corrected chi connectivity index (χ3v) is 8.83. The van der Waals surface area contributed by atoms with Crippen molar-refractivity contribution in [2.75, 3.05) is 32.8 Å². The zero-order valence-corrected chi connectivity index (χ0v) is 24.5. The van der Waals surface area contributed by atoms with Crippen molar-refractivity contribution in [3.05, 3.63) is 0 Å². The molecule has 0 aromatic heterocycles. The van der Waals surface area contributed by atoms with Crippen LogP contribution >= 0.6 is 0 Å². The first kappa shape index (κ1) is 35.5. The summed E-state index contributed by atoms with van der Waals surface area (Å²) in [5, 5.41) is 69.3. The summed E-state index contributed by atoms with van der Waals surface area (Å²) in [6.07, 6.45) is -11.5. The minimum absolute atomic E-state index is 0.0255. The third-order valence-electron chi connectivity index (χ3n) is 8.83. The number of nitrogens with two attached hydrogens (primary N) is 5. The SMILES string of the molecule is NCCN(O)C(=O)N[C@@H]1C[C@H](N)C(O[C@H]2O[C@H](CNCC3CC(N)C3)[C@@H](O)[C@H](O)[C@H]2N)[C@H](O)[C@H]1O[C@H]1OC[C@@H](O)[C@H](N)[C@H]1O. The summed E-state index contributed by atoms with van der Waals surface area (Å²) < 4.78 is 23.3. The lowest BCUT2D eigenvalue weighted by Crippen LogP contribution is -2.69. The van der Waals surface area contributed by atoms with Crippen LogP contribution in [0, 0.1) is 5.92 Å². The van der Waals surface area contributed by atoms with Crippen LogP contribution in [-0.2, 0) is 18.9 Å². The molecule has 2 amide bonds. The van der Waals surface area contributed by atoms with E-state index in [1.807, 2.05) is 0 Å². The minimum atomic E-state index is -1.61. The zero-order chi connectivity index (χ0) is 32.3. The van der Waals surface area contributed by atoms with Gasteiger partial charge in [0.15, 0.2) is 12.6 Å². The number of carbonyl (C=O) groups is 1. The fourth-order valence-electron chi connectivity index (χ4n) is 6.06. The van der Waals surface area contributed by atoms with E-state index in [0.29, 0.717) is 17.5 Å². The number of carbonyl (C=O) groups excluding carboxylic acids is 1. The summed E-state index contributed by atoms with van der Waals surface area (Å²) in [6.45, 7) is 0.355. The van der Waals surface area contributed by atoms with Gasteiger partial charge in [0.05, 0.1) is 37.4 Å². The van der Waals surface area contributed by atoms with E-state index in [2.05, 4.69) is 10.6 Å². The van der Waals surface area contributed by atoms with Gasteiger partial charge in [0.1, 0.15) is 42.7 Å². The van der Waals surface area contributed by atoms with E-state index >= 15 is 0 Å². The van der Waals surface area contributed by atoms with Crippen molar-refractivity contribution in [1.82, 2.24) is 15.7 Å². The predicted molar refractivity (Wildman–Crippen MR) is 150 cm³/mol. The summed E-state index contributed by atoms with van der Waals surface area (Å²) in [6, 6.07) is -5.10. The van der Waals surface area contributed by atoms with Crippen LogP contribution in [0.5, 0.6) is 0 Å². The van der Waals surface area contributed by atoms with E-state index in [0.717, 1.165) is 12.8 Å². The second-order valence-corrected chi connectivity index (χ2v) is 12.3. The van der Waals surface area contributed by atoms with Crippen LogP contribution in [0.25, 0.3) is 0 Å². The molecule has 2 saturated heterocycles. The van der Waals surface area contributed by atoms with Crippen molar-refractivity contribution in [2.24, 2.45) is 34.6 Å². The fraction of sp³-hybridized carbons (Fsp3) is 0.960. The summed E-state index contributed by atoms with van der Waals surface area (Å²) in [5.74, 6) is 0.406. The Bertz CT molecular complexity index is 925. The Hall–Kier alpha value is -1.37. The molecule has 1 unspecified atom stereocenters. The summed E-state index contributed by atoms with van der Waals surface area (Å²) in [5.41, 5.74) is 29.6. The van der Waals surface area contributed by atoms with Gasteiger partial charge in [-0.1, -0.05) is 0 Å². The molecule has 19 nitrogen and oxygen atoms in total. The number of hydrogen-bond acceptors (Lipinski definition) is 17. The number of aliphatic hydroxyl groups excluding tert-OH is 5. The second kappa shape index (κ2) is 15.5. The molecular weight excluding hydrogens is 588 g/mol. The molecule has 4 fully saturated rings. The number of hydroxylamine groups is 2. The van der Waals surface area contributed by atoms with E-state index < -0.39 is 91.6 Å². The molecule has 2 heterocycles. The molecule has 0 spiro atoms. The Morgan fingerprint density at radius 1 is 0.864 bits per heavy atom. The molecule has 18 N–H and O–H groups in total. The maximum absolute atomic E-state index is 12.6. The molecule has 14 atom stereocenters. The molecule has 19 heteroatoms. The molecule has 0 aromatic carbocycles. The summed E-state index contributed by atoms with van der Waals surface area (Å²) in [4.78, 5) is 12.6. The smallest absolute Gasteiger partial charge is 0.341 e. The lowest BCUT2D eigenvalue weighted by Gasteiger charge is -2.48. The van der Waals surface area contributed by atoms with Crippen LogP contribution in [0.3, 0.4) is 0 Å². The third kappa shape index (κ3) is 8.12. The molecule has 256 valence electrons. The quantitative estimate of drug-likeness (QED) is 0.0738. The highest BCUT2D eigenvalue weighted by molar-refractivity contribution is 5.73. The first-order chi connectivity index (χ1) is 20.8. The van der Waals surface area contributed by atoms with Crippen LogP contribution < -0.4 is 39.3 Å². The van der Waals surface area contributed by atoms with Crippen molar-refractivity contribution in [3.8, 4) is 0 Å². The van der Waals surface area contributed by atoms with Gasteiger partial charge in [-0.15, -0.1) is 0 Å². The topological polar surface area (TPSA) is 333 Å². The normalized spacial score (nSPS) is 46.2. The monoisotopic (exact) mass is 638 g/mol. The van der Waals surface area contributed by atoms with Crippen molar-refractivity contribution < 1.29 is 54.5 Å². The van der Waals surface area contributed by atoms with Gasteiger partial charge in [0.2, 0.25) is 0 Å². The molecule has 0 aromatic rings. The standard InChI is InChI=1S/C25H50N8O11/c26-1-2-33(40)25(39)32-12-5-11(28)21(20(38)22(12)44-24-19(37)15(29)13(34)8-41-24)43-23-16(30)18(36)17(35)14(42-23)7-31-6-9-3-10(27)4-9/h9-24,31,34-38,40H,1-8,26-30H2,(H,32,39)/t9?,10?,11-,12+,13+,14+,15-,16+,17+,18+,19+,20-,21?,22-,23+,24+/m0/s1. The van der Waals surface area contributed by atoms with Gasteiger partial charge in [-0.3, -0.25) is 5.21 Å². The van der Waals surface area contributed by atoms with Crippen LogP contribution in [0.4, 0.5) is 4.79 Å². The van der Waals surface area contributed by atoms with E-state index in [1.54, 1.807) is 0 Å². The highest BCUT2D eigenvalue weighted by Gasteiger charge is 2.51. The molecular formula is C25H50N8O11. The van der Waals surface area contributed by atoms with Gasteiger partial charge in [0, 0.05) is 25.2 Å². The molecule has 2 aliphatic carbocycles. The van der Waals surface area contributed by atoms with Crippen LogP contribution in [0.2, 0.25) is 0 Å². The Morgan fingerprint density at radius 2 is 1.55 bits per heavy atom. The van der Waals surface area contributed by atoms with E-state index in [-0.39, 0.29) is 38.7 Å². The van der Waals surface area contributed by atoms with Crippen molar-refractivity contribution in [2.45, 2.75) is 111 Å². The Morgan fingerprint density at radius 3 is 2.20 bits per heavy atom. The molecule has 0 radical (unpaired) electrons.